The van der Waals surface area contributed by atoms with Gasteiger partial charge in [-0.1, -0.05) is 38.0 Å². The number of hydrogen-bond acceptors (Lipinski definition) is 6. The standard InChI is InChI=1S/C24H27NO6S/c1-6-16(4)23(25-32(28,29)18-9-7-14(2)8-10-18)24(27)31-20-12-15(3)11-19-22(20)17(5)13-21(26)30-19/h7-13,16,23,25H,6H2,1-5H3/t16-,23+/m1/s1. The van der Waals surface area contributed by atoms with Crippen LogP contribution >= 0.6 is 0 Å². The first-order valence-electron chi connectivity index (χ1n) is 10.4. The van der Waals surface area contributed by atoms with E-state index in [2.05, 4.69) is 4.72 Å². The molecule has 0 aliphatic rings. The molecule has 170 valence electrons. The second-order valence-electron chi connectivity index (χ2n) is 8.10. The average molecular weight is 458 g/mol. The zero-order chi connectivity index (χ0) is 23.6. The summed E-state index contributed by atoms with van der Waals surface area (Å²) in [7, 11) is -3.94. The number of nitrogens with one attached hydrogen (secondary N) is 1. The Hall–Kier alpha value is -2.97. The lowest BCUT2D eigenvalue weighted by Gasteiger charge is -2.23. The molecule has 2 aromatic carbocycles. The van der Waals surface area contributed by atoms with Gasteiger partial charge in [-0.15, -0.1) is 0 Å². The van der Waals surface area contributed by atoms with Gasteiger partial charge in [-0.3, -0.25) is 0 Å². The number of carbonyl (C=O) groups is 1. The van der Waals surface area contributed by atoms with Crippen LogP contribution in [0.25, 0.3) is 11.0 Å². The highest BCUT2D eigenvalue weighted by atomic mass is 32.2. The van der Waals surface area contributed by atoms with E-state index < -0.39 is 27.7 Å². The lowest BCUT2D eigenvalue weighted by Crippen LogP contribution is -2.47. The van der Waals surface area contributed by atoms with Crippen molar-refractivity contribution in [2.45, 2.75) is 52.0 Å². The molecule has 0 saturated carbocycles. The van der Waals surface area contributed by atoms with E-state index in [1.165, 1.54) is 18.2 Å². The van der Waals surface area contributed by atoms with Crippen molar-refractivity contribution < 1.29 is 22.4 Å². The molecule has 32 heavy (non-hydrogen) atoms. The molecule has 1 heterocycles. The Morgan fingerprint density at radius 1 is 1.06 bits per heavy atom. The Labute approximate surface area is 187 Å². The molecule has 0 saturated heterocycles. The van der Waals surface area contributed by atoms with Crippen molar-refractivity contribution in [3.8, 4) is 5.75 Å². The first kappa shape index (κ1) is 23.7. The molecule has 1 N–H and O–H groups in total. The molecule has 0 amide bonds. The van der Waals surface area contributed by atoms with Crippen molar-refractivity contribution in [1.82, 2.24) is 4.72 Å². The number of benzene rings is 2. The van der Waals surface area contributed by atoms with Gasteiger partial charge in [0.25, 0.3) is 0 Å². The van der Waals surface area contributed by atoms with Crippen LogP contribution in [0.15, 0.2) is 56.6 Å². The Balaban J connectivity index is 1.97. The molecule has 3 aromatic rings. The van der Waals surface area contributed by atoms with E-state index in [0.717, 1.165) is 11.1 Å². The minimum absolute atomic E-state index is 0.0721. The molecule has 1 aromatic heterocycles. The Kier molecular flexibility index (Phi) is 6.85. The Bertz CT molecular complexity index is 1310. The molecule has 3 rings (SSSR count). The SMILES string of the molecule is CC[C@@H](C)[C@H](NS(=O)(=O)c1ccc(C)cc1)C(=O)Oc1cc(C)cc2oc(=O)cc(C)c12. The van der Waals surface area contributed by atoms with Crippen molar-refractivity contribution in [3.05, 3.63) is 69.6 Å². The zero-order valence-corrected chi connectivity index (χ0v) is 19.6. The molecule has 2 atom stereocenters. The van der Waals surface area contributed by atoms with Crippen LogP contribution in [0.1, 0.15) is 37.0 Å². The van der Waals surface area contributed by atoms with Crippen molar-refractivity contribution in [3.63, 3.8) is 0 Å². The second-order valence-corrected chi connectivity index (χ2v) is 9.82. The van der Waals surface area contributed by atoms with Gasteiger partial charge in [0.2, 0.25) is 10.0 Å². The normalized spacial score (nSPS) is 13.7. The number of carbonyl (C=O) groups excluding carboxylic acids is 1. The second kappa shape index (κ2) is 9.26. The molecular weight excluding hydrogens is 430 g/mol. The third-order valence-electron chi connectivity index (χ3n) is 5.44. The van der Waals surface area contributed by atoms with Crippen LogP contribution in [0.4, 0.5) is 0 Å². The van der Waals surface area contributed by atoms with Crippen LogP contribution in [0, 0.1) is 26.7 Å². The molecule has 7 nitrogen and oxygen atoms in total. The van der Waals surface area contributed by atoms with E-state index in [0.29, 0.717) is 23.0 Å². The van der Waals surface area contributed by atoms with Gasteiger partial charge in [0.15, 0.2) is 0 Å². The number of sulfonamides is 1. The summed E-state index contributed by atoms with van der Waals surface area (Å²) in [5, 5.41) is 0.493. The molecule has 0 aliphatic heterocycles. The molecule has 0 spiro atoms. The fourth-order valence-electron chi connectivity index (χ4n) is 3.41. The average Bonchev–Trinajstić information content (AvgIpc) is 2.70. The third kappa shape index (κ3) is 5.08. The van der Waals surface area contributed by atoms with Gasteiger partial charge in [-0.25, -0.2) is 18.0 Å². The van der Waals surface area contributed by atoms with Crippen LogP contribution in [-0.4, -0.2) is 20.4 Å². The molecule has 0 unspecified atom stereocenters. The maximum atomic E-state index is 13.2. The number of fused-ring (bicyclic) bond motifs is 1. The molecule has 0 radical (unpaired) electrons. The smallest absolute Gasteiger partial charge is 0.336 e. The minimum atomic E-state index is -3.94. The summed E-state index contributed by atoms with van der Waals surface area (Å²) < 4.78 is 39.3. The quantitative estimate of drug-likeness (QED) is 0.327. The third-order valence-corrected chi connectivity index (χ3v) is 6.90. The first-order valence-corrected chi connectivity index (χ1v) is 11.9. The topological polar surface area (TPSA) is 103 Å². The van der Waals surface area contributed by atoms with Crippen LogP contribution in [0.3, 0.4) is 0 Å². The van der Waals surface area contributed by atoms with Crippen LogP contribution < -0.4 is 15.1 Å². The molecule has 0 bridgehead atoms. The van der Waals surface area contributed by atoms with E-state index >= 15 is 0 Å². The van der Waals surface area contributed by atoms with Crippen LogP contribution in [0.2, 0.25) is 0 Å². The minimum Gasteiger partial charge on any atom is -0.425 e. The summed E-state index contributed by atoms with van der Waals surface area (Å²) in [5.74, 6) is -0.834. The van der Waals surface area contributed by atoms with Crippen LogP contribution in [-0.2, 0) is 14.8 Å². The predicted octanol–water partition coefficient (Wildman–Crippen LogP) is 4.02. The molecule has 0 fully saturated rings. The monoisotopic (exact) mass is 457 g/mol. The lowest BCUT2D eigenvalue weighted by molar-refractivity contribution is -0.137. The van der Waals surface area contributed by atoms with Gasteiger partial charge >= 0.3 is 11.6 Å². The number of aryl methyl sites for hydroxylation is 3. The fraction of sp³-hybridized carbons (Fsp3) is 0.333. The van der Waals surface area contributed by atoms with Gasteiger partial charge < -0.3 is 9.15 Å². The summed E-state index contributed by atoms with van der Waals surface area (Å²) in [5.41, 5.74) is 2.06. The summed E-state index contributed by atoms with van der Waals surface area (Å²) in [4.78, 5) is 25.0. The number of rotatable bonds is 7. The Morgan fingerprint density at radius 2 is 1.72 bits per heavy atom. The van der Waals surface area contributed by atoms with Crippen LogP contribution in [0.5, 0.6) is 5.75 Å². The van der Waals surface area contributed by atoms with Gasteiger partial charge in [0, 0.05) is 6.07 Å². The number of ether oxygens (including phenoxy) is 1. The maximum Gasteiger partial charge on any atom is 0.336 e. The Morgan fingerprint density at radius 3 is 2.34 bits per heavy atom. The van der Waals surface area contributed by atoms with Gasteiger partial charge in [0.05, 0.1) is 10.3 Å². The summed E-state index contributed by atoms with van der Waals surface area (Å²) in [6.45, 7) is 9.01. The van der Waals surface area contributed by atoms with Crippen molar-refractivity contribution >= 4 is 27.0 Å². The lowest BCUT2D eigenvalue weighted by atomic mass is 10.0. The summed E-state index contributed by atoms with van der Waals surface area (Å²) in [6, 6.07) is 9.95. The van der Waals surface area contributed by atoms with E-state index in [-0.39, 0.29) is 16.6 Å². The predicted molar refractivity (Wildman–Crippen MR) is 122 cm³/mol. The highest BCUT2D eigenvalue weighted by Gasteiger charge is 2.32. The number of hydrogen-bond donors (Lipinski definition) is 1. The zero-order valence-electron chi connectivity index (χ0n) is 18.8. The first-order chi connectivity index (χ1) is 15.0. The fourth-order valence-corrected chi connectivity index (χ4v) is 4.71. The van der Waals surface area contributed by atoms with Gasteiger partial charge in [-0.05, 0) is 62.1 Å². The van der Waals surface area contributed by atoms with E-state index in [1.807, 2.05) is 13.8 Å². The highest BCUT2D eigenvalue weighted by Crippen LogP contribution is 2.30. The molecule has 0 aliphatic carbocycles. The summed E-state index contributed by atoms with van der Waals surface area (Å²) >= 11 is 0. The van der Waals surface area contributed by atoms with Crippen molar-refractivity contribution in [2.75, 3.05) is 0 Å². The molecular formula is C24H27NO6S. The van der Waals surface area contributed by atoms with E-state index in [9.17, 15) is 18.0 Å². The van der Waals surface area contributed by atoms with Gasteiger partial charge in [-0.2, -0.15) is 4.72 Å². The summed E-state index contributed by atoms with van der Waals surface area (Å²) in [6.07, 6.45) is 0.554. The van der Waals surface area contributed by atoms with Crippen molar-refractivity contribution in [2.24, 2.45) is 5.92 Å². The van der Waals surface area contributed by atoms with Gasteiger partial charge in [0.1, 0.15) is 17.4 Å². The van der Waals surface area contributed by atoms with E-state index in [1.54, 1.807) is 45.0 Å². The largest absolute Gasteiger partial charge is 0.425 e. The highest BCUT2D eigenvalue weighted by molar-refractivity contribution is 7.89. The maximum absolute atomic E-state index is 13.2. The molecule has 8 heteroatoms. The number of esters is 1. The van der Waals surface area contributed by atoms with Crippen molar-refractivity contribution in [1.29, 1.82) is 0 Å². The van der Waals surface area contributed by atoms with E-state index in [4.69, 9.17) is 9.15 Å².